The monoisotopic (exact) mass is 387 g/mol. The van der Waals surface area contributed by atoms with Crippen LogP contribution in [0.25, 0.3) is 6.08 Å². The third-order valence-corrected chi connectivity index (χ3v) is 4.55. The number of benzene rings is 2. The maximum atomic E-state index is 12.8. The average Bonchev–Trinajstić information content (AvgIpc) is 2.58. The van der Waals surface area contributed by atoms with Crippen molar-refractivity contribution in [3.63, 3.8) is 0 Å². The molecule has 0 heterocycles. The van der Waals surface area contributed by atoms with Crippen LogP contribution in [0.3, 0.4) is 0 Å². The molecule has 0 aliphatic heterocycles. The van der Waals surface area contributed by atoms with E-state index in [9.17, 15) is 24.4 Å². The van der Waals surface area contributed by atoms with E-state index in [4.69, 9.17) is 9.42 Å². The van der Waals surface area contributed by atoms with Gasteiger partial charge in [0.05, 0.1) is 11.1 Å². The smallest absolute Gasteiger partial charge is 0.507 e. The zero-order valence-electron chi connectivity index (χ0n) is 14.5. The minimum absolute atomic E-state index is 0.0131. The summed E-state index contributed by atoms with van der Waals surface area (Å²) in [6.45, 7) is 3.49. The Morgan fingerprint density at radius 2 is 1.70 bits per heavy atom. The molecule has 1 unspecified atom stereocenters. The van der Waals surface area contributed by atoms with Gasteiger partial charge in [-0.25, -0.2) is 4.52 Å². The zero-order chi connectivity index (χ0) is 19.9. The summed E-state index contributed by atoms with van der Waals surface area (Å²) in [5, 5.41) is 20.3. The van der Waals surface area contributed by atoms with Gasteiger partial charge in [0.2, 0.25) is 5.78 Å². The quantitative estimate of drug-likeness (QED) is 0.462. The highest BCUT2D eigenvalue weighted by Gasteiger charge is 2.34. The number of hydrogen-bond donors (Lipinski definition) is 3. The van der Waals surface area contributed by atoms with E-state index in [1.165, 1.54) is 36.4 Å². The highest BCUT2D eigenvalue weighted by Crippen LogP contribution is 2.38. The van der Waals surface area contributed by atoms with Gasteiger partial charge < -0.3 is 10.2 Å². The summed E-state index contributed by atoms with van der Waals surface area (Å²) in [7, 11) is -2.87. The molecule has 3 N–H and O–H groups in total. The minimum atomic E-state index is -2.87. The Hall–Kier alpha value is -3.02. The van der Waals surface area contributed by atoms with Crippen molar-refractivity contribution in [2.45, 2.75) is 13.8 Å². The molecular weight excluding hydrogens is 371 g/mol. The Bertz CT molecular complexity index is 1020. The number of hydrogen-bond acceptors (Lipinski definition) is 6. The number of allylic oxidation sites excluding steroid dienone is 1. The third-order valence-electron chi connectivity index (χ3n) is 4.19. The van der Waals surface area contributed by atoms with Crippen LogP contribution in [-0.4, -0.2) is 26.7 Å². The van der Waals surface area contributed by atoms with Crippen molar-refractivity contribution in [2.75, 3.05) is 0 Å². The number of fused-ring (bicyclic) bond motifs is 2. The lowest BCUT2D eigenvalue weighted by atomic mass is 9.82. The number of phenols is 2. The summed E-state index contributed by atoms with van der Waals surface area (Å²) in [5.74, 6) is -1.97. The van der Waals surface area contributed by atoms with Crippen LogP contribution in [0.5, 0.6) is 11.5 Å². The molecule has 0 fully saturated rings. The highest BCUT2D eigenvalue weighted by molar-refractivity contribution is 7.32. The van der Waals surface area contributed by atoms with Gasteiger partial charge in [0.25, 0.3) is 0 Å². The van der Waals surface area contributed by atoms with Crippen LogP contribution in [0, 0.1) is 5.92 Å². The number of aromatic hydroxyl groups is 2. The van der Waals surface area contributed by atoms with Gasteiger partial charge in [-0.15, -0.1) is 4.89 Å². The van der Waals surface area contributed by atoms with Crippen LogP contribution in [0.4, 0.5) is 0 Å². The second-order valence-electron chi connectivity index (χ2n) is 6.35. The number of phenolic OH excluding ortho intramolecular Hbond substituents is 2. The van der Waals surface area contributed by atoms with E-state index >= 15 is 0 Å². The number of ketones is 2. The molecular formula is C19H16O7P+. The first-order valence-corrected chi connectivity index (χ1v) is 9.17. The molecule has 2 aromatic carbocycles. The van der Waals surface area contributed by atoms with Gasteiger partial charge >= 0.3 is 8.25 Å². The molecule has 138 valence electrons. The lowest BCUT2D eigenvalue weighted by Crippen LogP contribution is -2.21. The Kier molecular flexibility index (Phi) is 4.83. The van der Waals surface area contributed by atoms with Crippen molar-refractivity contribution in [3.05, 3.63) is 63.9 Å². The van der Waals surface area contributed by atoms with Crippen LogP contribution in [0.15, 0.2) is 36.1 Å². The van der Waals surface area contributed by atoms with E-state index in [0.717, 1.165) is 0 Å². The first kappa shape index (κ1) is 18.8. The number of carbonyl (C=O) groups is 2. The lowest BCUT2D eigenvalue weighted by Gasteiger charge is -2.19. The van der Waals surface area contributed by atoms with Crippen LogP contribution < -0.4 is 0 Å². The normalized spacial score (nSPS) is 14.1. The van der Waals surface area contributed by atoms with Gasteiger partial charge in [-0.2, -0.15) is 0 Å². The molecule has 0 radical (unpaired) electrons. The fraction of sp³-hybridized carbons (Fsp3) is 0.158. The summed E-state index contributed by atoms with van der Waals surface area (Å²) < 4.78 is 15.9. The van der Waals surface area contributed by atoms with E-state index in [0.29, 0.717) is 5.56 Å². The summed E-state index contributed by atoms with van der Waals surface area (Å²) in [6.07, 6.45) is 1.42. The maximum Gasteiger partial charge on any atom is 0.747 e. The number of carbonyl (C=O) groups excluding carboxylic acids is 2. The van der Waals surface area contributed by atoms with E-state index in [1.807, 2.05) is 0 Å². The molecule has 3 rings (SSSR count). The first-order valence-electron chi connectivity index (χ1n) is 8.04. The van der Waals surface area contributed by atoms with Crippen molar-refractivity contribution in [1.82, 2.24) is 0 Å². The molecule has 2 aromatic rings. The molecule has 0 amide bonds. The van der Waals surface area contributed by atoms with E-state index in [-0.39, 0.29) is 39.7 Å². The van der Waals surface area contributed by atoms with Crippen LogP contribution in [0.1, 0.15) is 51.3 Å². The van der Waals surface area contributed by atoms with Gasteiger partial charge in [0, 0.05) is 21.6 Å². The second-order valence-corrected chi connectivity index (χ2v) is 7.01. The topological polar surface area (TPSA) is 121 Å². The van der Waals surface area contributed by atoms with Crippen LogP contribution in [0.2, 0.25) is 0 Å². The molecule has 0 saturated carbocycles. The Balaban J connectivity index is 2.17. The molecule has 0 bridgehead atoms. The first-order chi connectivity index (χ1) is 12.7. The third kappa shape index (κ3) is 3.35. The van der Waals surface area contributed by atoms with Gasteiger partial charge in [0.15, 0.2) is 11.5 Å². The summed E-state index contributed by atoms with van der Waals surface area (Å²) >= 11 is 0. The van der Waals surface area contributed by atoms with Crippen LogP contribution in [-0.2, 0) is 9.09 Å². The molecule has 0 saturated heterocycles. The summed E-state index contributed by atoms with van der Waals surface area (Å²) in [6, 6.07) is 6.84. The number of rotatable bonds is 4. The predicted molar refractivity (Wildman–Crippen MR) is 96.8 cm³/mol. The maximum absolute atomic E-state index is 12.8. The second kappa shape index (κ2) is 6.95. The molecule has 1 atom stereocenters. The fourth-order valence-corrected chi connectivity index (χ4v) is 3.38. The summed E-state index contributed by atoms with van der Waals surface area (Å²) in [5.41, 5.74) is 0.0349. The van der Waals surface area contributed by atoms with Crippen molar-refractivity contribution < 1.29 is 33.8 Å². The highest BCUT2D eigenvalue weighted by atomic mass is 31.1. The van der Waals surface area contributed by atoms with Gasteiger partial charge in [0.1, 0.15) is 11.5 Å². The van der Waals surface area contributed by atoms with Crippen LogP contribution >= 0.6 is 8.25 Å². The summed E-state index contributed by atoms with van der Waals surface area (Å²) in [4.78, 5) is 34.5. The van der Waals surface area contributed by atoms with Crippen molar-refractivity contribution in [2.24, 2.45) is 5.92 Å². The molecule has 1 aliphatic rings. The SMILES string of the molecule is CC(C)C(=Cc1cc(O)c2c(c1)C(=O)c1cccc(O)c1C2=O)O[P+](=O)O. The van der Waals surface area contributed by atoms with Crippen molar-refractivity contribution in [1.29, 1.82) is 0 Å². The Morgan fingerprint density at radius 3 is 2.33 bits per heavy atom. The molecule has 0 aromatic heterocycles. The fourth-order valence-electron chi connectivity index (χ4n) is 2.94. The lowest BCUT2D eigenvalue weighted by molar-refractivity contribution is 0.0974. The van der Waals surface area contributed by atoms with Gasteiger partial charge in [-0.3, -0.25) is 9.59 Å². The Labute approximate surface area is 155 Å². The predicted octanol–water partition coefficient (Wildman–Crippen LogP) is 3.54. The standard InChI is InChI=1S/C19H15O7P/c1-9(2)15(26-27(24)25)8-10-6-12-17(14(21)7-10)19(23)16-11(18(12)22)4-3-5-13(16)20/h3-9H,1-2H3,(H2-,20,21,23,24,25)/p+1. The van der Waals surface area contributed by atoms with Crippen molar-refractivity contribution >= 4 is 25.9 Å². The van der Waals surface area contributed by atoms with Gasteiger partial charge in [-0.05, 0) is 29.8 Å². The minimum Gasteiger partial charge on any atom is -0.507 e. The Morgan fingerprint density at radius 1 is 1.04 bits per heavy atom. The molecule has 8 heteroatoms. The molecule has 1 aliphatic carbocycles. The van der Waals surface area contributed by atoms with E-state index in [2.05, 4.69) is 0 Å². The van der Waals surface area contributed by atoms with E-state index in [1.54, 1.807) is 13.8 Å². The zero-order valence-corrected chi connectivity index (χ0v) is 15.4. The molecule has 27 heavy (non-hydrogen) atoms. The van der Waals surface area contributed by atoms with Gasteiger partial charge in [-0.1, -0.05) is 26.0 Å². The van der Waals surface area contributed by atoms with E-state index < -0.39 is 25.6 Å². The average molecular weight is 387 g/mol. The molecule has 7 nitrogen and oxygen atoms in total. The molecule has 0 spiro atoms. The van der Waals surface area contributed by atoms with Crippen molar-refractivity contribution in [3.8, 4) is 11.5 Å². The largest absolute Gasteiger partial charge is 0.747 e.